The fourth-order valence-electron chi connectivity index (χ4n) is 2.67. The highest BCUT2D eigenvalue weighted by atomic mass is 16.5. The number of hydrogen-bond acceptors (Lipinski definition) is 3. The summed E-state index contributed by atoms with van der Waals surface area (Å²) in [6, 6.07) is -0.0579. The summed E-state index contributed by atoms with van der Waals surface area (Å²) in [5.41, 5.74) is 1.83. The van der Waals surface area contributed by atoms with E-state index in [1.807, 2.05) is 25.7 Å². The molecular formula is C14H23N3O2. The molecule has 2 heterocycles. The molecule has 0 bridgehead atoms. The molecule has 1 fully saturated rings. The number of amides is 2. The van der Waals surface area contributed by atoms with Gasteiger partial charge in [0, 0.05) is 18.7 Å². The first-order valence-corrected chi connectivity index (χ1v) is 6.97. The maximum atomic E-state index is 12.2. The van der Waals surface area contributed by atoms with Crippen molar-refractivity contribution in [3.05, 3.63) is 17.0 Å². The van der Waals surface area contributed by atoms with Crippen LogP contribution in [0.15, 0.2) is 4.52 Å². The van der Waals surface area contributed by atoms with Crippen LogP contribution in [0.1, 0.15) is 49.7 Å². The van der Waals surface area contributed by atoms with Crippen molar-refractivity contribution >= 4 is 6.03 Å². The molecule has 19 heavy (non-hydrogen) atoms. The lowest BCUT2D eigenvalue weighted by Gasteiger charge is -2.31. The number of hydrogen-bond donors (Lipinski definition) is 1. The number of nitrogens with one attached hydrogen (secondary N) is 1. The van der Waals surface area contributed by atoms with Gasteiger partial charge < -0.3 is 14.7 Å². The van der Waals surface area contributed by atoms with Crippen LogP contribution < -0.4 is 5.32 Å². The van der Waals surface area contributed by atoms with E-state index in [1.165, 1.54) is 0 Å². The third-order valence-corrected chi connectivity index (χ3v) is 3.93. The van der Waals surface area contributed by atoms with Crippen LogP contribution in [-0.4, -0.2) is 29.2 Å². The molecule has 5 nitrogen and oxygen atoms in total. The van der Waals surface area contributed by atoms with Crippen LogP contribution in [-0.2, 0) is 0 Å². The van der Waals surface area contributed by atoms with E-state index in [-0.39, 0.29) is 12.1 Å². The van der Waals surface area contributed by atoms with Crippen LogP contribution in [0.25, 0.3) is 0 Å². The fourth-order valence-corrected chi connectivity index (χ4v) is 2.67. The number of carbonyl (C=O) groups is 1. The number of likely N-dealkylation sites (tertiary alicyclic amines) is 1. The summed E-state index contributed by atoms with van der Waals surface area (Å²) in [6.45, 7) is 9.68. The number of rotatable bonds is 2. The Labute approximate surface area is 114 Å². The van der Waals surface area contributed by atoms with Crippen molar-refractivity contribution in [2.45, 2.75) is 46.6 Å². The lowest BCUT2D eigenvalue weighted by molar-refractivity contribution is 0.171. The molecule has 1 aromatic heterocycles. The van der Waals surface area contributed by atoms with Crippen LogP contribution in [0.5, 0.6) is 0 Å². The van der Waals surface area contributed by atoms with Gasteiger partial charge in [0.05, 0.1) is 11.7 Å². The van der Waals surface area contributed by atoms with Crippen molar-refractivity contribution in [2.24, 2.45) is 5.92 Å². The first-order chi connectivity index (χ1) is 8.99. The zero-order valence-corrected chi connectivity index (χ0v) is 12.2. The van der Waals surface area contributed by atoms with E-state index in [4.69, 9.17) is 4.52 Å². The zero-order valence-electron chi connectivity index (χ0n) is 12.2. The summed E-state index contributed by atoms with van der Waals surface area (Å²) in [6.07, 6.45) is 2.18. The molecule has 5 heteroatoms. The number of carbonyl (C=O) groups excluding carboxylic acids is 1. The van der Waals surface area contributed by atoms with Gasteiger partial charge in [-0.1, -0.05) is 12.1 Å². The largest absolute Gasteiger partial charge is 0.361 e. The Balaban J connectivity index is 1.95. The van der Waals surface area contributed by atoms with Gasteiger partial charge in [-0.05, 0) is 39.5 Å². The summed E-state index contributed by atoms with van der Waals surface area (Å²) in [7, 11) is 0. The van der Waals surface area contributed by atoms with Crippen molar-refractivity contribution in [1.29, 1.82) is 0 Å². The van der Waals surface area contributed by atoms with E-state index in [2.05, 4.69) is 17.4 Å². The lowest BCUT2D eigenvalue weighted by atomic mass is 9.99. The molecule has 1 N–H and O–H groups in total. The molecule has 1 unspecified atom stereocenters. The standard InChI is InChI=1S/C14H23N3O2/c1-9-5-7-17(8-6-9)14(18)15-10(2)13-11(3)16-19-12(13)4/h9-10H,5-8H2,1-4H3,(H,15,18). The minimum atomic E-state index is -0.0712. The number of nitrogens with zero attached hydrogens (tertiary/aromatic N) is 2. The van der Waals surface area contributed by atoms with Gasteiger partial charge in [-0.3, -0.25) is 0 Å². The zero-order chi connectivity index (χ0) is 14.0. The molecule has 106 valence electrons. The monoisotopic (exact) mass is 265 g/mol. The molecule has 0 aromatic carbocycles. The highest BCUT2D eigenvalue weighted by Gasteiger charge is 2.23. The Hall–Kier alpha value is -1.52. The smallest absolute Gasteiger partial charge is 0.317 e. The average Bonchev–Trinajstić information content (AvgIpc) is 2.69. The molecule has 2 amide bonds. The minimum absolute atomic E-state index is 0.0133. The van der Waals surface area contributed by atoms with Gasteiger partial charge in [0.1, 0.15) is 5.76 Å². The second kappa shape index (κ2) is 5.63. The van der Waals surface area contributed by atoms with Crippen LogP contribution in [0, 0.1) is 19.8 Å². The number of piperidine rings is 1. The van der Waals surface area contributed by atoms with Crippen molar-refractivity contribution in [3.8, 4) is 0 Å². The van der Waals surface area contributed by atoms with Gasteiger partial charge in [0.15, 0.2) is 0 Å². The van der Waals surface area contributed by atoms with Crippen molar-refractivity contribution in [2.75, 3.05) is 13.1 Å². The first-order valence-electron chi connectivity index (χ1n) is 6.97. The summed E-state index contributed by atoms with van der Waals surface area (Å²) in [5, 5.41) is 6.96. The van der Waals surface area contributed by atoms with Gasteiger partial charge in [-0.2, -0.15) is 0 Å². The minimum Gasteiger partial charge on any atom is -0.361 e. The van der Waals surface area contributed by atoms with E-state index in [1.54, 1.807) is 0 Å². The Kier molecular flexibility index (Phi) is 4.12. The molecule has 0 aliphatic carbocycles. The molecule has 1 atom stereocenters. The maximum Gasteiger partial charge on any atom is 0.317 e. The highest BCUT2D eigenvalue weighted by Crippen LogP contribution is 2.22. The molecule has 1 saturated heterocycles. The van der Waals surface area contributed by atoms with Gasteiger partial charge in [-0.15, -0.1) is 0 Å². The van der Waals surface area contributed by atoms with E-state index in [9.17, 15) is 4.79 Å². The van der Waals surface area contributed by atoms with Gasteiger partial charge >= 0.3 is 6.03 Å². The van der Waals surface area contributed by atoms with Crippen LogP contribution in [0.2, 0.25) is 0 Å². The number of aromatic nitrogens is 1. The van der Waals surface area contributed by atoms with Gasteiger partial charge in [0.2, 0.25) is 0 Å². The quantitative estimate of drug-likeness (QED) is 0.894. The molecule has 2 rings (SSSR count). The lowest BCUT2D eigenvalue weighted by Crippen LogP contribution is -2.45. The van der Waals surface area contributed by atoms with Crippen LogP contribution in [0.4, 0.5) is 4.79 Å². The molecule has 0 saturated carbocycles. The predicted molar refractivity (Wildman–Crippen MR) is 72.9 cm³/mol. The van der Waals surface area contributed by atoms with Crippen LogP contribution >= 0.6 is 0 Å². The van der Waals surface area contributed by atoms with Crippen molar-refractivity contribution in [3.63, 3.8) is 0 Å². The molecule has 1 aliphatic rings. The Bertz CT molecular complexity index is 428. The van der Waals surface area contributed by atoms with E-state index >= 15 is 0 Å². The Morgan fingerprint density at radius 1 is 1.42 bits per heavy atom. The normalized spacial score (nSPS) is 18.4. The van der Waals surface area contributed by atoms with E-state index in [0.717, 1.165) is 48.9 Å². The Morgan fingerprint density at radius 3 is 2.58 bits per heavy atom. The van der Waals surface area contributed by atoms with E-state index in [0.29, 0.717) is 0 Å². The second-order valence-electron chi connectivity index (χ2n) is 5.58. The highest BCUT2D eigenvalue weighted by molar-refractivity contribution is 5.74. The van der Waals surface area contributed by atoms with Crippen molar-refractivity contribution in [1.82, 2.24) is 15.4 Å². The predicted octanol–water partition coefficient (Wildman–Crippen LogP) is 2.79. The molecule has 0 radical (unpaired) electrons. The SMILES string of the molecule is Cc1noc(C)c1C(C)NC(=O)N1CCC(C)CC1. The summed E-state index contributed by atoms with van der Waals surface area (Å²) < 4.78 is 5.14. The topological polar surface area (TPSA) is 58.4 Å². The van der Waals surface area contributed by atoms with Crippen LogP contribution in [0.3, 0.4) is 0 Å². The van der Waals surface area contributed by atoms with Crippen molar-refractivity contribution < 1.29 is 9.32 Å². The van der Waals surface area contributed by atoms with E-state index < -0.39 is 0 Å². The summed E-state index contributed by atoms with van der Waals surface area (Å²) >= 11 is 0. The van der Waals surface area contributed by atoms with Gasteiger partial charge in [-0.25, -0.2) is 4.79 Å². The fraction of sp³-hybridized carbons (Fsp3) is 0.714. The maximum absolute atomic E-state index is 12.2. The Morgan fingerprint density at radius 2 is 2.05 bits per heavy atom. The second-order valence-corrected chi connectivity index (χ2v) is 5.58. The summed E-state index contributed by atoms with van der Waals surface area (Å²) in [4.78, 5) is 14.1. The molecule has 1 aliphatic heterocycles. The first kappa shape index (κ1) is 13.9. The summed E-state index contributed by atoms with van der Waals surface area (Å²) in [5.74, 6) is 1.50. The number of aryl methyl sites for hydroxylation is 2. The third kappa shape index (κ3) is 3.08. The van der Waals surface area contributed by atoms with Gasteiger partial charge in [0.25, 0.3) is 0 Å². The molecular weight excluding hydrogens is 242 g/mol. The average molecular weight is 265 g/mol. The number of urea groups is 1. The third-order valence-electron chi connectivity index (χ3n) is 3.93. The molecule has 0 spiro atoms. The molecule has 1 aromatic rings.